The molecule has 2 aromatic rings. The number of rotatable bonds is 6. The molecule has 0 aliphatic carbocycles. The summed E-state index contributed by atoms with van der Waals surface area (Å²) in [6.45, 7) is 3.70. The number of nitrogens with zero attached hydrogens (tertiary/aromatic N) is 6. The molecule has 3 heterocycles. The lowest BCUT2D eigenvalue weighted by molar-refractivity contribution is -0.132. The van der Waals surface area contributed by atoms with Crippen molar-refractivity contribution in [2.75, 3.05) is 59.4 Å². The van der Waals surface area contributed by atoms with Crippen LogP contribution < -0.4 is 0 Å². The fourth-order valence-corrected chi connectivity index (χ4v) is 5.37. The van der Waals surface area contributed by atoms with E-state index in [1.54, 1.807) is 17.0 Å². The van der Waals surface area contributed by atoms with Crippen LogP contribution in [-0.4, -0.2) is 102 Å². The average molecular weight is 467 g/mol. The van der Waals surface area contributed by atoms with E-state index in [9.17, 15) is 17.6 Å². The highest BCUT2D eigenvalue weighted by molar-refractivity contribution is 7.86. The Hall–Kier alpha value is -2.41. The molecule has 32 heavy (non-hydrogen) atoms. The minimum atomic E-state index is -3.49. The van der Waals surface area contributed by atoms with Crippen LogP contribution in [0.3, 0.4) is 0 Å². The molecule has 2 fully saturated rings. The van der Waals surface area contributed by atoms with Crippen LogP contribution in [0.2, 0.25) is 0 Å². The van der Waals surface area contributed by atoms with Crippen LogP contribution in [0.1, 0.15) is 12.3 Å². The zero-order chi connectivity index (χ0) is 22.7. The fraction of sp³-hybridized carbons (Fsp3) is 0.550. The Kier molecular flexibility index (Phi) is 6.84. The lowest BCUT2D eigenvalue weighted by Crippen LogP contribution is -2.57. The molecule has 0 bridgehead atoms. The van der Waals surface area contributed by atoms with Crippen molar-refractivity contribution in [1.82, 2.24) is 28.6 Å². The first kappa shape index (κ1) is 22.8. The first-order valence-corrected chi connectivity index (χ1v) is 12.0. The summed E-state index contributed by atoms with van der Waals surface area (Å²) in [5, 5.41) is 3.88. The van der Waals surface area contributed by atoms with E-state index in [2.05, 4.69) is 15.0 Å². The molecule has 1 aromatic heterocycles. The maximum atomic E-state index is 13.0. The summed E-state index contributed by atoms with van der Waals surface area (Å²) in [4.78, 5) is 20.6. The number of hydrogen-bond acceptors (Lipinski definition) is 7. The van der Waals surface area contributed by atoms with Gasteiger partial charge in [0.1, 0.15) is 5.82 Å². The third-order valence-corrected chi connectivity index (χ3v) is 7.86. The van der Waals surface area contributed by atoms with E-state index >= 15 is 0 Å². The van der Waals surface area contributed by atoms with Gasteiger partial charge in [-0.15, -0.1) is 0 Å². The second-order valence-electron chi connectivity index (χ2n) is 8.01. The van der Waals surface area contributed by atoms with Crippen LogP contribution in [0.15, 0.2) is 28.8 Å². The molecule has 174 valence electrons. The van der Waals surface area contributed by atoms with Gasteiger partial charge in [0.2, 0.25) is 17.6 Å². The quantitative estimate of drug-likeness (QED) is 0.609. The predicted octanol–water partition coefficient (Wildman–Crippen LogP) is 0.445. The molecular weight excluding hydrogens is 439 g/mol. The van der Waals surface area contributed by atoms with E-state index in [0.717, 1.165) is 13.1 Å². The van der Waals surface area contributed by atoms with Crippen LogP contribution in [0.5, 0.6) is 0 Å². The van der Waals surface area contributed by atoms with Crippen molar-refractivity contribution in [1.29, 1.82) is 0 Å². The van der Waals surface area contributed by atoms with Crippen molar-refractivity contribution in [3.8, 4) is 11.4 Å². The van der Waals surface area contributed by atoms with E-state index in [4.69, 9.17) is 4.52 Å². The molecule has 0 unspecified atom stereocenters. The Labute approximate surface area is 186 Å². The van der Waals surface area contributed by atoms with Crippen molar-refractivity contribution >= 4 is 16.1 Å². The second kappa shape index (κ2) is 9.61. The summed E-state index contributed by atoms with van der Waals surface area (Å²) in [6.07, 6.45) is 0.475. The molecule has 0 saturated carbocycles. The number of hydrogen-bond donors (Lipinski definition) is 0. The molecule has 1 aromatic carbocycles. The number of aryl methyl sites for hydroxylation is 1. The van der Waals surface area contributed by atoms with Gasteiger partial charge in [0.15, 0.2) is 0 Å². The van der Waals surface area contributed by atoms with Crippen LogP contribution in [0, 0.1) is 5.82 Å². The van der Waals surface area contributed by atoms with Gasteiger partial charge in [0.25, 0.3) is 10.2 Å². The molecule has 0 N–H and O–H groups in total. The van der Waals surface area contributed by atoms with Gasteiger partial charge in [-0.1, -0.05) is 5.16 Å². The summed E-state index contributed by atoms with van der Waals surface area (Å²) in [7, 11) is -1.52. The van der Waals surface area contributed by atoms with E-state index in [0.29, 0.717) is 43.5 Å². The maximum Gasteiger partial charge on any atom is 0.282 e. The molecule has 0 radical (unpaired) electrons. The van der Waals surface area contributed by atoms with E-state index in [1.807, 2.05) is 7.05 Å². The Balaban J connectivity index is 1.26. The summed E-state index contributed by atoms with van der Waals surface area (Å²) in [6, 6.07) is 5.76. The van der Waals surface area contributed by atoms with Crippen LogP contribution in [0.4, 0.5) is 4.39 Å². The van der Waals surface area contributed by atoms with Crippen LogP contribution in [-0.2, 0) is 21.4 Å². The molecule has 10 nitrogen and oxygen atoms in total. The average Bonchev–Trinajstić information content (AvgIpc) is 3.27. The smallest absolute Gasteiger partial charge is 0.282 e. The zero-order valence-electron chi connectivity index (χ0n) is 18.0. The first-order chi connectivity index (χ1) is 15.3. The van der Waals surface area contributed by atoms with Crippen molar-refractivity contribution in [2.24, 2.45) is 0 Å². The minimum Gasteiger partial charge on any atom is -0.340 e. The summed E-state index contributed by atoms with van der Waals surface area (Å²) < 4.78 is 46.9. The normalized spacial score (nSPS) is 19.4. The molecule has 2 aliphatic heterocycles. The van der Waals surface area contributed by atoms with Gasteiger partial charge < -0.3 is 14.3 Å². The summed E-state index contributed by atoms with van der Waals surface area (Å²) >= 11 is 0. The number of piperazine rings is 2. The molecular formula is C20H27FN6O4S. The number of benzene rings is 1. The maximum absolute atomic E-state index is 13.0. The highest BCUT2D eigenvalue weighted by Crippen LogP contribution is 2.18. The standard InChI is InChI=1S/C20H27FN6O4S/c1-24-8-12-26(13-9-24)32(29,30)27-14-10-25(11-15-27)19(28)7-6-18-22-20(23-31-18)16-2-4-17(21)5-3-16/h2-5H,6-15H2,1H3. The minimum absolute atomic E-state index is 0.0804. The van der Waals surface area contributed by atoms with Crippen molar-refractivity contribution < 1.29 is 22.1 Å². The molecule has 1 amide bonds. The van der Waals surface area contributed by atoms with E-state index in [1.165, 1.54) is 20.7 Å². The lowest BCUT2D eigenvalue weighted by Gasteiger charge is -2.39. The highest BCUT2D eigenvalue weighted by atomic mass is 32.2. The van der Waals surface area contributed by atoms with Gasteiger partial charge in [-0.25, -0.2) is 4.39 Å². The van der Waals surface area contributed by atoms with E-state index in [-0.39, 0.29) is 37.7 Å². The van der Waals surface area contributed by atoms with Crippen LogP contribution in [0.25, 0.3) is 11.4 Å². The van der Waals surface area contributed by atoms with Gasteiger partial charge >= 0.3 is 0 Å². The van der Waals surface area contributed by atoms with Gasteiger partial charge in [0, 0.05) is 70.8 Å². The third kappa shape index (κ3) is 5.14. The topological polar surface area (TPSA) is 103 Å². The molecule has 0 atom stereocenters. The summed E-state index contributed by atoms with van der Waals surface area (Å²) in [5.41, 5.74) is 0.630. The fourth-order valence-electron chi connectivity index (χ4n) is 3.79. The Morgan fingerprint density at radius 1 is 1.00 bits per heavy atom. The molecule has 12 heteroatoms. The predicted molar refractivity (Wildman–Crippen MR) is 114 cm³/mol. The lowest BCUT2D eigenvalue weighted by atomic mass is 10.2. The Morgan fingerprint density at radius 3 is 2.22 bits per heavy atom. The monoisotopic (exact) mass is 466 g/mol. The largest absolute Gasteiger partial charge is 0.340 e. The number of carbonyl (C=O) groups excluding carboxylic acids is 1. The van der Waals surface area contributed by atoms with E-state index < -0.39 is 10.2 Å². The van der Waals surface area contributed by atoms with Gasteiger partial charge in [-0.3, -0.25) is 4.79 Å². The molecule has 0 spiro atoms. The molecule has 4 rings (SSSR count). The Morgan fingerprint density at radius 2 is 1.59 bits per heavy atom. The third-order valence-electron chi connectivity index (χ3n) is 5.83. The summed E-state index contributed by atoms with van der Waals surface area (Å²) in [5.74, 6) is 0.242. The molecule has 2 saturated heterocycles. The Bertz CT molecular complexity index is 1030. The van der Waals surface area contributed by atoms with Crippen LogP contribution >= 0.6 is 0 Å². The van der Waals surface area contributed by atoms with Crippen molar-refractivity contribution in [2.45, 2.75) is 12.8 Å². The first-order valence-electron chi connectivity index (χ1n) is 10.6. The number of carbonyl (C=O) groups is 1. The van der Waals surface area contributed by atoms with Crippen molar-refractivity contribution in [3.05, 3.63) is 36.0 Å². The van der Waals surface area contributed by atoms with Gasteiger partial charge in [-0.05, 0) is 31.3 Å². The number of amides is 1. The van der Waals surface area contributed by atoms with Crippen molar-refractivity contribution in [3.63, 3.8) is 0 Å². The van der Waals surface area contributed by atoms with Gasteiger partial charge in [-0.2, -0.15) is 22.0 Å². The number of halogens is 1. The second-order valence-corrected chi connectivity index (χ2v) is 9.94. The number of aromatic nitrogens is 2. The molecule has 2 aliphatic rings. The SMILES string of the molecule is CN1CCN(S(=O)(=O)N2CCN(C(=O)CCc3nc(-c4ccc(F)cc4)no3)CC2)CC1. The highest BCUT2D eigenvalue weighted by Gasteiger charge is 2.34. The van der Waals surface area contributed by atoms with Gasteiger partial charge in [0.05, 0.1) is 0 Å². The zero-order valence-corrected chi connectivity index (χ0v) is 18.8. The number of likely N-dealkylation sites (N-methyl/N-ethyl adjacent to an activating group) is 1.